The lowest BCUT2D eigenvalue weighted by Crippen LogP contribution is -2.10. The number of esters is 1. The maximum absolute atomic E-state index is 11.7. The molecule has 0 amide bonds. The SMILES string of the molecule is CCOC(=O)c1c(C#N)ccc(CN)c1Br. The molecular formula is C11H11BrN2O2. The fourth-order valence-electron chi connectivity index (χ4n) is 1.27. The monoisotopic (exact) mass is 282 g/mol. The molecule has 0 atom stereocenters. The second kappa shape index (κ2) is 5.64. The summed E-state index contributed by atoms with van der Waals surface area (Å²) in [6, 6.07) is 5.24. The molecule has 0 fully saturated rings. The van der Waals surface area contributed by atoms with Crippen LogP contribution in [0, 0.1) is 11.3 Å². The number of nitrogens with zero attached hydrogens (tertiary/aromatic N) is 1. The smallest absolute Gasteiger partial charge is 0.340 e. The van der Waals surface area contributed by atoms with E-state index in [1.54, 1.807) is 19.1 Å². The number of carbonyl (C=O) groups excluding carboxylic acids is 1. The van der Waals surface area contributed by atoms with Gasteiger partial charge < -0.3 is 10.5 Å². The van der Waals surface area contributed by atoms with Gasteiger partial charge in [0.25, 0.3) is 0 Å². The lowest BCUT2D eigenvalue weighted by atomic mass is 10.0. The van der Waals surface area contributed by atoms with Crippen LogP contribution < -0.4 is 5.73 Å². The van der Waals surface area contributed by atoms with Gasteiger partial charge in [0.1, 0.15) is 6.07 Å². The number of nitriles is 1. The third-order valence-corrected chi connectivity index (χ3v) is 2.95. The van der Waals surface area contributed by atoms with Crippen molar-refractivity contribution in [3.05, 3.63) is 33.3 Å². The van der Waals surface area contributed by atoms with Crippen molar-refractivity contribution in [3.63, 3.8) is 0 Å². The molecule has 0 radical (unpaired) electrons. The van der Waals surface area contributed by atoms with Gasteiger partial charge in [0.2, 0.25) is 0 Å². The summed E-state index contributed by atoms with van der Waals surface area (Å²) in [7, 11) is 0. The Morgan fingerprint density at radius 1 is 1.62 bits per heavy atom. The standard InChI is InChI=1S/C11H11BrN2O2/c1-2-16-11(15)9-7(5-13)3-4-8(6-14)10(9)12/h3-4H,2,6,14H2,1H3. The zero-order valence-corrected chi connectivity index (χ0v) is 10.4. The van der Waals surface area contributed by atoms with Crippen LogP contribution in [-0.2, 0) is 11.3 Å². The van der Waals surface area contributed by atoms with Crippen molar-refractivity contribution in [1.29, 1.82) is 5.26 Å². The van der Waals surface area contributed by atoms with Gasteiger partial charge in [0, 0.05) is 11.0 Å². The van der Waals surface area contributed by atoms with E-state index in [2.05, 4.69) is 15.9 Å². The molecule has 0 heterocycles. The summed E-state index contributed by atoms with van der Waals surface area (Å²) in [5.74, 6) is -0.513. The summed E-state index contributed by atoms with van der Waals surface area (Å²) >= 11 is 3.27. The number of halogens is 1. The Labute approximate surface area is 102 Å². The molecule has 0 aliphatic heterocycles. The van der Waals surface area contributed by atoms with Gasteiger partial charge in [-0.2, -0.15) is 5.26 Å². The number of nitrogens with two attached hydrogens (primary N) is 1. The Bertz CT molecular complexity index is 452. The third-order valence-electron chi connectivity index (χ3n) is 2.04. The molecule has 2 N–H and O–H groups in total. The molecule has 16 heavy (non-hydrogen) atoms. The van der Waals surface area contributed by atoms with Crippen molar-refractivity contribution in [2.45, 2.75) is 13.5 Å². The second-order valence-corrected chi connectivity index (χ2v) is 3.79. The number of carbonyl (C=O) groups is 1. The first-order valence-corrected chi connectivity index (χ1v) is 5.53. The van der Waals surface area contributed by atoms with Gasteiger partial charge in [-0.1, -0.05) is 6.07 Å². The summed E-state index contributed by atoms with van der Waals surface area (Å²) in [6.07, 6.45) is 0. The van der Waals surface area contributed by atoms with Gasteiger partial charge in [-0.25, -0.2) is 4.79 Å². The van der Waals surface area contributed by atoms with E-state index in [0.717, 1.165) is 5.56 Å². The Kier molecular flexibility index (Phi) is 4.47. The average Bonchev–Trinajstić information content (AvgIpc) is 2.28. The van der Waals surface area contributed by atoms with Crippen LogP contribution in [0.4, 0.5) is 0 Å². The van der Waals surface area contributed by atoms with Crippen molar-refractivity contribution in [2.24, 2.45) is 5.73 Å². The van der Waals surface area contributed by atoms with E-state index in [0.29, 0.717) is 11.0 Å². The van der Waals surface area contributed by atoms with Crippen LogP contribution in [0.2, 0.25) is 0 Å². The molecule has 0 bridgehead atoms. The zero-order valence-electron chi connectivity index (χ0n) is 8.79. The highest BCUT2D eigenvalue weighted by atomic mass is 79.9. The van der Waals surface area contributed by atoms with Crippen LogP contribution in [0.25, 0.3) is 0 Å². The maximum Gasteiger partial charge on any atom is 0.340 e. The van der Waals surface area contributed by atoms with Crippen molar-refractivity contribution >= 4 is 21.9 Å². The average molecular weight is 283 g/mol. The fourth-order valence-corrected chi connectivity index (χ4v) is 1.94. The first-order chi connectivity index (χ1) is 7.65. The number of benzene rings is 1. The third kappa shape index (κ3) is 2.40. The minimum absolute atomic E-state index is 0.243. The van der Waals surface area contributed by atoms with Crippen molar-refractivity contribution in [1.82, 2.24) is 0 Å². The molecule has 84 valence electrons. The molecule has 0 saturated carbocycles. The summed E-state index contributed by atoms with van der Waals surface area (Å²) in [4.78, 5) is 11.7. The first kappa shape index (κ1) is 12.7. The molecule has 0 aromatic heterocycles. The Morgan fingerprint density at radius 3 is 2.81 bits per heavy atom. The van der Waals surface area contributed by atoms with Gasteiger partial charge in [-0.05, 0) is 34.5 Å². The van der Waals surface area contributed by atoms with Crippen LogP contribution in [0.5, 0.6) is 0 Å². The quantitative estimate of drug-likeness (QED) is 0.860. The molecule has 1 rings (SSSR count). The Morgan fingerprint density at radius 2 is 2.31 bits per heavy atom. The molecule has 4 nitrogen and oxygen atoms in total. The maximum atomic E-state index is 11.7. The topological polar surface area (TPSA) is 76.1 Å². The molecule has 0 saturated heterocycles. The second-order valence-electron chi connectivity index (χ2n) is 3.00. The van der Waals surface area contributed by atoms with Crippen LogP contribution in [-0.4, -0.2) is 12.6 Å². The van der Waals surface area contributed by atoms with E-state index in [9.17, 15) is 4.79 Å². The molecule has 0 unspecified atom stereocenters. The predicted molar refractivity (Wildman–Crippen MR) is 62.7 cm³/mol. The van der Waals surface area contributed by atoms with Gasteiger partial charge in [0.05, 0.1) is 17.7 Å². The van der Waals surface area contributed by atoms with Crippen molar-refractivity contribution in [2.75, 3.05) is 6.61 Å². The highest BCUT2D eigenvalue weighted by molar-refractivity contribution is 9.10. The largest absolute Gasteiger partial charge is 0.462 e. The molecule has 0 aliphatic rings. The normalized spacial score (nSPS) is 9.62. The van der Waals surface area contributed by atoms with Gasteiger partial charge >= 0.3 is 5.97 Å². The van der Waals surface area contributed by atoms with E-state index >= 15 is 0 Å². The Hall–Kier alpha value is -1.38. The molecule has 1 aromatic carbocycles. The predicted octanol–water partition coefficient (Wildman–Crippen LogP) is 1.96. The van der Waals surface area contributed by atoms with E-state index < -0.39 is 5.97 Å². The number of hydrogen-bond donors (Lipinski definition) is 1. The summed E-state index contributed by atoms with van der Waals surface area (Å²) < 4.78 is 5.42. The molecule has 0 spiro atoms. The van der Waals surface area contributed by atoms with Gasteiger partial charge in [-0.3, -0.25) is 0 Å². The summed E-state index contributed by atoms with van der Waals surface area (Å²) in [5.41, 5.74) is 6.81. The van der Waals surface area contributed by atoms with Crippen molar-refractivity contribution in [3.8, 4) is 6.07 Å². The number of ether oxygens (including phenoxy) is 1. The Balaban J connectivity index is 3.33. The van der Waals surface area contributed by atoms with Gasteiger partial charge in [-0.15, -0.1) is 0 Å². The van der Waals surface area contributed by atoms with E-state index in [4.69, 9.17) is 15.7 Å². The van der Waals surface area contributed by atoms with Crippen LogP contribution >= 0.6 is 15.9 Å². The van der Waals surface area contributed by atoms with Gasteiger partial charge in [0.15, 0.2) is 0 Å². The molecule has 5 heteroatoms. The fraction of sp³-hybridized carbons (Fsp3) is 0.273. The minimum atomic E-state index is -0.513. The van der Waals surface area contributed by atoms with Crippen LogP contribution in [0.1, 0.15) is 28.4 Å². The zero-order chi connectivity index (χ0) is 12.1. The lowest BCUT2D eigenvalue weighted by Gasteiger charge is -2.09. The van der Waals surface area contributed by atoms with Crippen LogP contribution in [0.3, 0.4) is 0 Å². The highest BCUT2D eigenvalue weighted by Gasteiger charge is 2.18. The van der Waals surface area contributed by atoms with Crippen molar-refractivity contribution < 1.29 is 9.53 Å². The molecular weight excluding hydrogens is 272 g/mol. The summed E-state index contributed by atoms with van der Waals surface area (Å²) in [5, 5.41) is 8.91. The minimum Gasteiger partial charge on any atom is -0.462 e. The number of hydrogen-bond acceptors (Lipinski definition) is 4. The van der Waals surface area contributed by atoms with E-state index in [1.807, 2.05) is 6.07 Å². The number of rotatable bonds is 3. The molecule has 1 aromatic rings. The molecule has 0 aliphatic carbocycles. The first-order valence-electron chi connectivity index (χ1n) is 4.74. The van der Waals surface area contributed by atoms with E-state index in [1.165, 1.54) is 0 Å². The lowest BCUT2D eigenvalue weighted by molar-refractivity contribution is 0.0525. The summed E-state index contributed by atoms with van der Waals surface area (Å²) in [6.45, 7) is 2.27. The van der Waals surface area contributed by atoms with Crippen LogP contribution in [0.15, 0.2) is 16.6 Å². The van der Waals surface area contributed by atoms with E-state index in [-0.39, 0.29) is 17.7 Å². The highest BCUT2D eigenvalue weighted by Crippen LogP contribution is 2.25.